The van der Waals surface area contributed by atoms with Crippen LogP contribution in [0.3, 0.4) is 0 Å². The largest absolute Gasteiger partial charge is 0.494 e. The van der Waals surface area contributed by atoms with Crippen LogP contribution in [0, 0.1) is 18.3 Å². The number of nitrogens with zero attached hydrogens (tertiary/aromatic N) is 1. The van der Waals surface area contributed by atoms with E-state index in [9.17, 15) is 10.1 Å². The topological polar surface area (TPSA) is 62.1 Å². The fraction of sp³-hybridized carbons (Fsp3) is 0.238. The predicted octanol–water partition coefficient (Wildman–Crippen LogP) is 5.37. The minimum atomic E-state index is -0.457. The Morgan fingerprint density at radius 1 is 1.27 bits per heavy atom. The van der Waals surface area contributed by atoms with Crippen molar-refractivity contribution < 1.29 is 9.53 Å². The van der Waals surface area contributed by atoms with Crippen LogP contribution in [0.15, 0.2) is 48.0 Å². The molecule has 5 heteroatoms. The molecule has 2 aromatic carbocycles. The Kier molecular flexibility index (Phi) is 7.25. The normalized spacial score (nSPS) is 10.9. The lowest BCUT2D eigenvalue weighted by molar-refractivity contribution is -0.112. The molecule has 1 N–H and O–H groups in total. The van der Waals surface area contributed by atoms with Crippen molar-refractivity contribution in [1.29, 1.82) is 5.26 Å². The summed E-state index contributed by atoms with van der Waals surface area (Å²) in [6.45, 7) is 4.63. The van der Waals surface area contributed by atoms with Crippen molar-refractivity contribution >= 4 is 29.3 Å². The molecule has 2 aromatic rings. The van der Waals surface area contributed by atoms with Crippen molar-refractivity contribution in [3.63, 3.8) is 0 Å². The van der Waals surface area contributed by atoms with Crippen LogP contribution < -0.4 is 10.1 Å². The lowest BCUT2D eigenvalue weighted by Gasteiger charge is -2.08. The summed E-state index contributed by atoms with van der Waals surface area (Å²) in [7, 11) is 0. The van der Waals surface area contributed by atoms with E-state index in [2.05, 4.69) is 12.2 Å². The second-order valence-corrected chi connectivity index (χ2v) is 6.29. The summed E-state index contributed by atoms with van der Waals surface area (Å²) in [6, 6.07) is 14.4. The molecule has 0 saturated heterocycles. The van der Waals surface area contributed by atoms with Crippen LogP contribution in [0.4, 0.5) is 5.69 Å². The first-order valence-electron chi connectivity index (χ1n) is 8.45. The molecule has 0 saturated carbocycles. The van der Waals surface area contributed by atoms with Gasteiger partial charge >= 0.3 is 0 Å². The lowest BCUT2D eigenvalue weighted by Crippen LogP contribution is -2.14. The Balaban J connectivity index is 2.09. The number of carbonyl (C=O) groups excluding carboxylic acids is 1. The molecule has 134 valence electrons. The van der Waals surface area contributed by atoms with E-state index in [4.69, 9.17) is 16.3 Å². The first-order valence-corrected chi connectivity index (χ1v) is 8.83. The maximum Gasteiger partial charge on any atom is 0.266 e. The van der Waals surface area contributed by atoms with E-state index in [1.165, 1.54) is 0 Å². The summed E-state index contributed by atoms with van der Waals surface area (Å²) in [5.74, 6) is 0.316. The highest BCUT2D eigenvalue weighted by Gasteiger charge is 2.11. The molecule has 0 unspecified atom stereocenters. The van der Waals surface area contributed by atoms with E-state index in [1.54, 1.807) is 24.3 Å². The molecule has 0 radical (unpaired) electrons. The number of unbranched alkanes of at least 4 members (excludes halogenated alkanes) is 1. The summed E-state index contributed by atoms with van der Waals surface area (Å²) in [6.07, 6.45) is 3.63. The zero-order valence-corrected chi connectivity index (χ0v) is 15.6. The molecule has 0 bridgehead atoms. The summed E-state index contributed by atoms with van der Waals surface area (Å²) >= 11 is 5.92. The van der Waals surface area contributed by atoms with Crippen molar-refractivity contribution in [2.45, 2.75) is 26.7 Å². The number of benzene rings is 2. The second kappa shape index (κ2) is 9.65. The number of anilines is 1. The van der Waals surface area contributed by atoms with Crippen molar-refractivity contribution in [3.8, 4) is 11.8 Å². The molecule has 2 rings (SSSR count). The van der Waals surface area contributed by atoms with Gasteiger partial charge in [-0.3, -0.25) is 4.79 Å². The number of hydrogen-bond acceptors (Lipinski definition) is 3. The first kappa shape index (κ1) is 19.6. The van der Waals surface area contributed by atoms with Gasteiger partial charge in [0, 0.05) is 10.7 Å². The number of aryl methyl sites for hydroxylation is 1. The maximum atomic E-state index is 12.4. The number of halogens is 1. The second-order valence-electron chi connectivity index (χ2n) is 5.85. The molecule has 0 aromatic heterocycles. The standard InChI is InChI=1S/C21H21ClN2O2/c1-3-4-11-26-19-8-5-16(6-9-19)13-17(14-23)21(25)24-20-10-7-18(22)12-15(20)2/h5-10,12-13H,3-4,11H2,1-2H3,(H,24,25)/b17-13+. The molecular weight excluding hydrogens is 348 g/mol. The summed E-state index contributed by atoms with van der Waals surface area (Å²) < 4.78 is 5.61. The first-order chi connectivity index (χ1) is 12.5. The van der Waals surface area contributed by atoms with Crippen LogP contribution in [0.2, 0.25) is 5.02 Å². The van der Waals surface area contributed by atoms with Gasteiger partial charge in [0.15, 0.2) is 0 Å². The third-order valence-corrected chi connectivity index (χ3v) is 3.99. The highest BCUT2D eigenvalue weighted by atomic mass is 35.5. The van der Waals surface area contributed by atoms with Gasteiger partial charge in [0.05, 0.1) is 6.61 Å². The molecule has 0 aliphatic heterocycles. The van der Waals surface area contributed by atoms with Crippen LogP contribution in [-0.2, 0) is 4.79 Å². The summed E-state index contributed by atoms with van der Waals surface area (Å²) in [5.41, 5.74) is 2.24. The van der Waals surface area contributed by atoms with Crippen LogP contribution in [0.1, 0.15) is 30.9 Å². The summed E-state index contributed by atoms with van der Waals surface area (Å²) in [5, 5.41) is 12.7. The lowest BCUT2D eigenvalue weighted by atomic mass is 10.1. The number of carbonyl (C=O) groups is 1. The molecule has 1 amide bonds. The number of ether oxygens (including phenoxy) is 1. The number of nitrogens with one attached hydrogen (secondary N) is 1. The Morgan fingerprint density at radius 2 is 2.00 bits per heavy atom. The third-order valence-electron chi connectivity index (χ3n) is 3.76. The van der Waals surface area contributed by atoms with Gasteiger partial charge in [0.2, 0.25) is 0 Å². The third kappa shape index (κ3) is 5.65. The van der Waals surface area contributed by atoms with Crippen molar-refractivity contribution in [3.05, 3.63) is 64.2 Å². The van der Waals surface area contributed by atoms with Crippen LogP contribution in [0.5, 0.6) is 5.75 Å². The molecular formula is C21H21ClN2O2. The molecule has 0 aliphatic rings. The van der Waals surface area contributed by atoms with Gasteiger partial charge < -0.3 is 10.1 Å². The maximum absolute atomic E-state index is 12.4. The van der Waals surface area contributed by atoms with Gasteiger partial charge in [-0.2, -0.15) is 5.26 Å². The van der Waals surface area contributed by atoms with Crippen molar-refractivity contribution in [1.82, 2.24) is 0 Å². The zero-order valence-electron chi connectivity index (χ0n) is 14.9. The van der Waals surface area contributed by atoms with Gasteiger partial charge in [-0.1, -0.05) is 37.1 Å². The zero-order chi connectivity index (χ0) is 18.9. The van der Waals surface area contributed by atoms with Gasteiger partial charge in [0.25, 0.3) is 5.91 Å². The quantitative estimate of drug-likeness (QED) is 0.405. The van der Waals surface area contributed by atoms with E-state index in [0.717, 1.165) is 29.7 Å². The molecule has 0 fully saturated rings. The number of hydrogen-bond donors (Lipinski definition) is 1. The number of nitriles is 1. The monoisotopic (exact) mass is 368 g/mol. The average molecular weight is 369 g/mol. The van der Waals surface area contributed by atoms with E-state index in [-0.39, 0.29) is 5.57 Å². The van der Waals surface area contributed by atoms with E-state index < -0.39 is 5.91 Å². The van der Waals surface area contributed by atoms with E-state index >= 15 is 0 Å². The van der Waals surface area contributed by atoms with Crippen LogP contribution in [-0.4, -0.2) is 12.5 Å². The molecule has 0 atom stereocenters. The fourth-order valence-electron chi connectivity index (χ4n) is 2.27. The van der Waals surface area contributed by atoms with Crippen molar-refractivity contribution in [2.75, 3.05) is 11.9 Å². The highest BCUT2D eigenvalue weighted by Crippen LogP contribution is 2.21. The minimum Gasteiger partial charge on any atom is -0.494 e. The average Bonchev–Trinajstić information content (AvgIpc) is 2.63. The molecule has 26 heavy (non-hydrogen) atoms. The van der Waals surface area contributed by atoms with Crippen LogP contribution >= 0.6 is 11.6 Å². The van der Waals surface area contributed by atoms with Gasteiger partial charge in [-0.15, -0.1) is 0 Å². The Bertz CT molecular complexity index is 836. The molecule has 0 spiro atoms. The van der Waals surface area contributed by atoms with Gasteiger partial charge in [-0.05, 0) is 60.9 Å². The molecule has 4 nitrogen and oxygen atoms in total. The smallest absolute Gasteiger partial charge is 0.266 e. The fourth-order valence-corrected chi connectivity index (χ4v) is 2.49. The molecule has 0 heterocycles. The Hall–Kier alpha value is -2.77. The van der Waals surface area contributed by atoms with Gasteiger partial charge in [-0.25, -0.2) is 0 Å². The number of rotatable bonds is 7. The number of amides is 1. The summed E-state index contributed by atoms with van der Waals surface area (Å²) in [4.78, 5) is 12.4. The SMILES string of the molecule is CCCCOc1ccc(/C=C(\C#N)C(=O)Nc2ccc(Cl)cc2C)cc1. The van der Waals surface area contributed by atoms with E-state index in [0.29, 0.717) is 17.3 Å². The van der Waals surface area contributed by atoms with Crippen LogP contribution in [0.25, 0.3) is 6.08 Å². The highest BCUT2D eigenvalue weighted by molar-refractivity contribution is 6.30. The van der Waals surface area contributed by atoms with Crippen molar-refractivity contribution in [2.24, 2.45) is 0 Å². The van der Waals surface area contributed by atoms with Gasteiger partial charge in [0.1, 0.15) is 17.4 Å². The Morgan fingerprint density at radius 3 is 2.62 bits per heavy atom. The molecule has 0 aliphatic carbocycles. The minimum absolute atomic E-state index is 0.0269. The van der Waals surface area contributed by atoms with E-state index in [1.807, 2.05) is 37.3 Å². The Labute approximate surface area is 159 Å². The predicted molar refractivity (Wildman–Crippen MR) is 105 cm³/mol.